The lowest BCUT2D eigenvalue weighted by atomic mass is 10.0. The highest BCUT2D eigenvalue weighted by Gasteiger charge is 2.07. The smallest absolute Gasteiger partial charge is 0.150 e. The monoisotopic (exact) mass is 186 g/mol. The van der Waals surface area contributed by atoms with Crippen molar-refractivity contribution in [3.8, 4) is 11.1 Å². The lowest BCUT2D eigenvalue weighted by Crippen LogP contribution is -1.86. The number of rotatable bonds is 2. The number of aldehydes is 1. The van der Waals surface area contributed by atoms with E-state index >= 15 is 0 Å². The number of hydrogen-bond acceptors (Lipinski definition) is 2. The van der Waals surface area contributed by atoms with E-state index in [-0.39, 0.29) is 0 Å². The van der Waals surface area contributed by atoms with Gasteiger partial charge in [0.05, 0.1) is 12.5 Å². The molecule has 0 N–H and O–H groups in total. The summed E-state index contributed by atoms with van der Waals surface area (Å²) < 4.78 is 5.08. The molecule has 1 heterocycles. The molecule has 1 aromatic heterocycles. The van der Waals surface area contributed by atoms with Gasteiger partial charge in [-0.25, -0.2) is 0 Å². The summed E-state index contributed by atoms with van der Waals surface area (Å²) in [6.07, 6.45) is 4.20. The molecule has 0 unspecified atom stereocenters. The third-order valence-electron chi connectivity index (χ3n) is 2.23. The van der Waals surface area contributed by atoms with Gasteiger partial charge in [0.2, 0.25) is 0 Å². The van der Waals surface area contributed by atoms with Crippen molar-refractivity contribution in [1.82, 2.24) is 0 Å². The number of furan rings is 1. The van der Waals surface area contributed by atoms with Crippen LogP contribution in [-0.4, -0.2) is 6.29 Å². The summed E-state index contributed by atoms with van der Waals surface area (Å²) in [5.41, 5.74) is 3.64. The number of hydrogen-bond donors (Lipinski definition) is 0. The Kier molecular flexibility index (Phi) is 2.19. The van der Waals surface area contributed by atoms with Gasteiger partial charge in [-0.2, -0.15) is 0 Å². The molecule has 0 atom stereocenters. The second-order valence-electron chi connectivity index (χ2n) is 3.17. The van der Waals surface area contributed by atoms with E-state index in [4.69, 9.17) is 4.42 Å². The number of carbonyl (C=O) groups excluding carboxylic acids is 1. The first-order valence-electron chi connectivity index (χ1n) is 4.40. The Balaban J connectivity index is 2.62. The van der Waals surface area contributed by atoms with E-state index in [0.29, 0.717) is 5.56 Å². The van der Waals surface area contributed by atoms with E-state index in [1.165, 1.54) is 0 Å². The number of benzene rings is 1. The maximum Gasteiger partial charge on any atom is 0.150 e. The zero-order chi connectivity index (χ0) is 9.97. The second kappa shape index (κ2) is 3.50. The highest BCUT2D eigenvalue weighted by Crippen LogP contribution is 2.26. The summed E-state index contributed by atoms with van der Waals surface area (Å²) in [5.74, 6) is 0. The lowest BCUT2D eigenvalue weighted by molar-refractivity contribution is 0.112. The SMILES string of the molecule is Cc1cocc1-c1ccccc1C=O. The maximum absolute atomic E-state index is 10.8. The molecule has 0 fully saturated rings. The molecule has 14 heavy (non-hydrogen) atoms. The molecule has 1 aromatic carbocycles. The molecule has 0 aliphatic rings. The van der Waals surface area contributed by atoms with Crippen molar-refractivity contribution in [1.29, 1.82) is 0 Å². The first-order chi connectivity index (χ1) is 6.83. The van der Waals surface area contributed by atoms with E-state index in [1.807, 2.05) is 25.1 Å². The molecule has 0 aliphatic heterocycles. The van der Waals surface area contributed by atoms with Gasteiger partial charge in [0, 0.05) is 11.1 Å². The van der Waals surface area contributed by atoms with Gasteiger partial charge in [-0.15, -0.1) is 0 Å². The molecule has 0 aliphatic carbocycles. The van der Waals surface area contributed by atoms with Gasteiger partial charge in [0.15, 0.2) is 6.29 Å². The van der Waals surface area contributed by atoms with Crippen LogP contribution >= 0.6 is 0 Å². The van der Waals surface area contributed by atoms with Crippen LogP contribution in [0.3, 0.4) is 0 Å². The average Bonchev–Trinajstić information content (AvgIpc) is 2.64. The normalized spacial score (nSPS) is 10.1. The molecule has 2 nitrogen and oxygen atoms in total. The lowest BCUT2D eigenvalue weighted by Gasteiger charge is -2.01. The molecule has 2 aromatic rings. The fourth-order valence-electron chi connectivity index (χ4n) is 1.48. The van der Waals surface area contributed by atoms with Gasteiger partial charge in [0.1, 0.15) is 0 Å². The summed E-state index contributed by atoms with van der Waals surface area (Å²) in [6, 6.07) is 7.48. The van der Waals surface area contributed by atoms with Crippen molar-refractivity contribution in [3.05, 3.63) is 47.9 Å². The van der Waals surface area contributed by atoms with Crippen LogP contribution in [-0.2, 0) is 0 Å². The molecule has 0 spiro atoms. The van der Waals surface area contributed by atoms with Gasteiger partial charge in [-0.1, -0.05) is 24.3 Å². The highest BCUT2D eigenvalue weighted by atomic mass is 16.3. The van der Waals surface area contributed by atoms with Crippen LogP contribution in [0.4, 0.5) is 0 Å². The molecule has 0 amide bonds. The first-order valence-corrected chi connectivity index (χ1v) is 4.40. The maximum atomic E-state index is 10.8. The van der Waals surface area contributed by atoms with Crippen molar-refractivity contribution in [3.63, 3.8) is 0 Å². The minimum absolute atomic E-state index is 0.692. The average molecular weight is 186 g/mol. The van der Waals surface area contributed by atoms with Crippen LogP contribution in [0, 0.1) is 6.92 Å². The van der Waals surface area contributed by atoms with Crippen molar-refractivity contribution in [2.75, 3.05) is 0 Å². The zero-order valence-corrected chi connectivity index (χ0v) is 7.86. The third kappa shape index (κ3) is 1.35. The Morgan fingerprint density at radius 2 is 1.93 bits per heavy atom. The van der Waals surface area contributed by atoms with Crippen LogP contribution in [0.15, 0.2) is 41.2 Å². The largest absolute Gasteiger partial charge is 0.472 e. The van der Waals surface area contributed by atoms with Crippen molar-refractivity contribution in [2.45, 2.75) is 6.92 Å². The Morgan fingerprint density at radius 3 is 2.57 bits per heavy atom. The van der Waals surface area contributed by atoms with E-state index in [9.17, 15) is 4.79 Å². The summed E-state index contributed by atoms with van der Waals surface area (Å²) in [5, 5.41) is 0. The Morgan fingerprint density at radius 1 is 1.14 bits per heavy atom. The molecule has 70 valence electrons. The van der Waals surface area contributed by atoms with Crippen LogP contribution in [0.2, 0.25) is 0 Å². The molecule has 0 saturated heterocycles. The molecule has 0 bridgehead atoms. The van der Waals surface area contributed by atoms with Crippen LogP contribution in [0.5, 0.6) is 0 Å². The topological polar surface area (TPSA) is 30.2 Å². The number of carbonyl (C=O) groups is 1. The van der Waals surface area contributed by atoms with Gasteiger partial charge < -0.3 is 4.42 Å². The van der Waals surface area contributed by atoms with Crippen molar-refractivity contribution >= 4 is 6.29 Å². The molecular weight excluding hydrogens is 176 g/mol. The molecule has 2 heteroatoms. The molecule has 0 saturated carbocycles. The minimum atomic E-state index is 0.692. The predicted octanol–water partition coefficient (Wildman–Crippen LogP) is 3.07. The van der Waals surface area contributed by atoms with Crippen LogP contribution in [0.1, 0.15) is 15.9 Å². The molecular formula is C12H10O2. The summed E-state index contributed by atoms with van der Waals surface area (Å²) in [4.78, 5) is 10.8. The fraction of sp³-hybridized carbons (Fsp3) is 0.0833. The van der Waals surface area contributed by atoms with Gasteiger partial charge in [-0.3, -0.25) is 4.79 Å². The van der Waals surface area contributed by atoms with Crippen LogP contribution < -0.4 is 0 Å². The molecule has 2 rings (SSSR count). The van der Waals surface area contributed by atoms with E-state index < -0.39 is 0 Å². The standard InChI is InChI=1S/C12H10O2/c1-9-7-14-8-12(9)11-5-3-2-4-10(11)6-13/h2-8H,1H3. The van der Waals surface area contributed by atoms with Gasteiger partial charge >= 0.3 is 0 Å². The van der Waals surface area contributed by atoms with Crippen molar-refractivity contribution in [2.24, 2.45) is 0 Å². The summed E-state index contributed by atoms with van der Waals surface area (Å²) >= 11 is 0. The van der Waals surface area contributed by atoms with E-state index in [2.05, 4.69) is 0 Å². The van der Waals surface area contributed by atoms with Gasteiger partial charge in [0.25, 0.3) is 0 Å². The quantitative estimate of drug-likeness (QED) is 0.674. The third-order valence-corrected chi connectivity index (χ3v) is 2.23. The summed E-state index contributed by atoms with van der Waals surface area (Å²) in [7, 11) is 0. The van der Waals surface area contributed by atoms with Gasteiger partial charge in [-0.05, 0) is 18.1 Å². The first kappa shape index (κ1) is 8.75. The summed E-state index contributed by atoms with van der Waals surface area (Å²) in [6.45, 7) is 1.96. The second-order valence-corrected chi connectivity index (χ2v) is 3.17. The molecule has 0 radical (unpaired) electrons. The zero-order valence-electron chi connectivity index (χ0n) is 7.86. The Labute approximate surface area is 82.2 Å². The van der Waals surface area contributed by atoms with Crippen LogP contribution in [0.25, 0.3) is 11.1 Å². The number of aryl methyl sites for hydroxylation is 1. The van der Waals surface area contributed by atoms with E-state index in [1.54, 1.807) is 18.6 Å². The Hall–Kier alpha value is -1.83. The van der Waals surface area contributed by atoms with E-state index in [0.717, 1.165) is 23.0 Å². The predicted molar refractivity (Wildman–Crippen MR) is 54.3 cm³/mol. The fourth-order valence-corrected chi connectivity index (χ4v) is 1.48. The highest BCUT2D eigenvalue weighted by molar-refractivity contribution is 5.87. The Bertz CT molecular complexity index is 455. The minimum Gasteiger partial charge on any atom is -0.472 e. The van der Waals surface area contributed by atoms with Crippen molar-refractivity contribution < 1.29 is 9.21 Å².